The first kappa shape index (κ1) is 13.1. The first-order chi connectivity index (χ1) is 9.66. The quantitative estimate of drug-likeness (QED) is 0.893. The molecule has 0 unspecified atom stereocenters. The molecule has 0 radical (unpaired) electrons. The van der Waals surface area contributed by atoms with Crippen LogP contribution in [0, 0.1) is 0 Å². The van der Waals surface area contributed by atoms with Gasteiger partial charge in [-0.15, -0.1) is 0 Å². The highest BCUT2D eigenvalue weighted by atomic mass is 16.5. The minimum absolute atomic E-state index is 0.188. The highest BCUT2D eigenvalue weighted by molar-refractivity contribution is 5.97. The lowest BCUT2D eigenvalue weighted by atomic mass is 9.99. The first-order valence-electron chi connectivity index (χ1n) is 6.90. The van der Waals surface area contributed by atoms with E-state index in [4.69, 9.17) is 4.74 Å². The lowest BCUT2D eigenvalue weighted by molar-refractivity contribution is -0.143. The summed E-state index contributed by atoms with van der Waals surface area (Å²) >= 11 is 0. The summed E-state index contributed by atoms with van der Waals surface area (Å²) in [5, 5.41) is 9.25. The molecule has 0 spiro atoms. The number of carbonyl (C=O) groups excluding carboxylic acids is 1. The van der Waals surface area contributed by atoms with Crippen LogP contribution >= 0.6 is 0 Å². The summed E-state index contributed by atoms with van der Waals surface area (Å²) < 4.78 is 5.34. The molecular weight excluding hydrogens is 258 g/mol. The molecule has 1 aromatic carbocycles. The Kier molecular flexibility index (Phi) is 3.44. The van der Waals surface area contributed by atoms with Crippen molar-refractivity contribution >= 4 is 11.9 Å². The molecule has 5 heteroatoms. The van der Waals surface area contributed by atoms with Crippen molar-refractivity contribution in [2.45, 2.75) is 38.5 Å². The van der Waals surface area contributed by atoms with E-state index in [0.717, 1.165) is 24.0 Å². The topological polar surface area (TPSA) is 66.8 Å². The second-order valence-corrected chi connectivity index (χ2v) is 5.32. The van der Waals surface area contributed by atoms with Gasteiger partial charge in [-0.3, -0.25) is 4.79 Å². The third kappa shape index (κ3) is 2.29. The van der Waals surface area contributed by atoms with Crippen molar-refractivity contribution in [3.8, 4) is 0 Å². The van der Waals surface area contributed by atoms with Crippen LogP contribution in [0.3, 0.4) is 0 Å². The van der Waals surface area contributed by atoms with Gasteiger partial charge in [-0.2, -0.15) is 0 Å². The van der Waals surface area contributed by atoms with Gasteiger partial charge in [0.25, 0.3) is 5.91 Å². The monoisotopic (exact) mass is 275 g/mol. The predicted molar refractivity (Wildman–Crippen MR) is 71.2 cm³/mol. The number of likely N-dealkylation sites (tertiary alicyclic amines) is 1. The van der Waals surface area contributed by atoms with E-state index in [9.17, 15) is 14.7 Å². The lowest BCUT2D eigenvalue weighted by Gasteiger charge is -2.33. The van der Waals surface area contributed by atoms with E-state index >= 15 is 0 Å². The average molecular weight is 275 g/mol. The zero-order chi connectivity index (χ0) is 14.1. The number of carbonyl (C=O) groups is 2. The van der Waals surface area contributed by atoms with Gasteiger partial charge in [0, 0.05) is 12.1 Å². The molecule has 1 saturated heterocycles. The highest BCUT2D eigenvalue weighted by Gasteiger charge is 2.32. The Morgan fingerprint density at radius 2 is 2.00 bits per heavy atom. The molecule has 1 N–H and O–H groups in total. The van der Waals surface area contributed by atoms with Crippen molar-refractivity contribution in [3.05, 3.63) is 34.9 Å². The van der Waals surface area contributed by atoms with Gasteiger partial charge >= 0.3 is 5.97 Å². The molecular formula is C15H17NO4. The summed E-state index contributed by atoms with van der Waals surface area (Å²) in [6, 6.07) is 4.80. The van der Waals surface area contributed by atoms with E-state index in [2.05, 4.69) is 0 Å². The second kappa shape index (κ2) is 5.25. The van der Waals surface area contributed by atoms with Crippen molar-refractivity contribution in [1.82, 2.24) is 4.90 Å². The second-order valence-electron chi connectivity index (χ2n) is 5.32. The van der Waals surface area contributed by atoms with Gasteiger partial charge in [-0.1, -0.05) is 6.07 Å². The molecule has 1 atom stereocenters. The van der Waals surface area contributed by atoms with Gasteiger partial charge in [0.2, 0.25) is 0 Å². The molecule has 1 amide bonds. The predicted octanol–water partition coefficient (Wildman–Crippen LogP) is 1.80. The van der Waals surface area contributed by atoms with Crippen molar-refractivity contribution in [2.75, 3.05) is 6.54 Å². The Labute approximate surface area is 117 Å². The van der Waals surface area contributed by atoms with Crippen molar-refractivity contribution in [2.24, 2.45) is 0 Å². The number of hydrogen-bond acceptors (Lipinski definition) is 3. The highest BCUT2D eigenvalue weighted by Crippen LogP contribution is 2.24. The van der Waals surface area contributed by atoms with Crippen LogP contribution in [0.5, 0.6) is 0 Å². The zero-order valence-corrected chi connectivity index (χ0v) is 11.2. The van der Waals surface area contributed by atoms with Gasteiger partial charge in [0.15, 0.2) is 0 Å². The minimum atomic E-state index is -0.914. The van der Waals surface area contributed by atoms with Gasteiger partial charge in [-0.05, 0) is 42.5 Å². The van der Waals surface area contributed by atoms with Crippen LogP contribution in [0.25, 0.3) is 0 Å². The lowest BCUT2D eigenvalue weighted by Crippen LogP contribution is -2.48. The molecule has 0 bridgehead atoms. The number of ether oxygens (including phenoxy) is 1. The van der Waals surface area contributed by atoms with Crippen LogP contribution in [0.1, 0.15) is 40.7 Å². The van der Waals surface area contributed by atoms with Crippen molar-refractivity contribution in [1.29, 1.82) is 0 Å². The zero-order valence-electron chi connectivity index (χ0n) is 11.2. The Bertz CT molecular complexity index is 555. The van der Waals surface area contributed by atoms with Crippen LogP contribution < -0.4 is 0 Å². The molecule has 2 aliphatic rings. The van der Waals surface area contributed by atoms with E-state index in [1.54, 1.807) is 6.07 Å². The SMILES string of the molecule is O=C(O)[C@H]1CCCCN1C(=O)c1ccc2c(c1)COC2. The maximum atomic E-state index is 12.5. The molecule has 0 aliphatic carbocycles. The fourth-order valence-electron chi connectivity index (χ4n) is 2.90. The smallest absolute Gasteiger partial charge is 0.326 e. The summed E-state index contributed by atoms with van der Waals surface area (Å²) in [7, 11) is 0. The molecule has 3 rings (SSSR count). The fraction of sp³-hybridized carbons (Fsp3) is 0.467. The number of fused-ring (bicyclic) bond motifs is 1. The normalized spacial score (nSPS) is 21.6. The number of amides is 1. The molecule has 1 aromatic rings. The van der Waals surface area contributed by atoms with E-state index in [0.29, 0.717) is 31.7 Å². The molecule has 20 heavy (non-hydrogen) atoms. The first-order valence-corrected chi connectivity index (χ1v) is 6.90. The molecule has 5 nitrogen and oxygen atoms in total. The number of aliphatic carboxylic acids is 1. The van der Waals surface area contributed by atoms with Crippen LogP contribution in [0.2, 0.25) is 0 Å². The van der Waals surface area contributed by atoms with Crippen molar-refractivity contribution < 1.29 is 19.4 Å². The fourth-order valence-corrected chi connectivity index (χ4v) is 2.90. The summed E-state index contributed by atoms with van der Waals surface area (Å²) in [4.78, 5) is 25.3. The van der Waals surface area contributed by atoms with Gasteiger partial charge in [0.05, 0.1) is 13.2 Å². The molecule has 106 valence electrons. The third-order valence-electron chi connectivity index (χ3n) is 4.02. The Hall–Kier alpha value is -1.88. The Morgan fingerprint density at radius 3 is 2.80 bits per heavy atom. The third-order valence-corrected chi connectivity index (χ3v) is 4.02. The van der Waals surface area contributed by atoms with Crippen LogP contribution in [-0.2, 0) is 22.7 Å². The maximum absolute atomic E-state index is 12.5. The number of piperidine rings is 1. The Balaban J connectivity index is 1.85. The van der Waals surface area contributed by atoms with Crippen LogP contribution in [-0.4, -0.2) is 34.5 Å². The van der Waals surface area contributed by atoms with Gasteiger partial charge in [-0.25, -0.2) is 4.79 Å². The Morgan fingerprint density at radius 1 is 1.20 bits per heavy atom. The summed E-state index contributed by atoms with van der Waals surface area (Å²) in [6.45, 7) is 1.63. The summed E-state index contributed by atoms with van der Waals surface area (Å²) in [5.74, 6) is -1.10. The molecule has 1 fully saturated rings. The average Bonchev–Trinajstić information content (AvgIpc) is 2.93. The van der Waals surface area contributed by atoms with Gasteiger partial charge in [0.1, 0.15) is 6.04 Å². The molecule has 2 heterocycles. The van der Waals surface area contributed by atoms with Crippen LogP contribution in [0.15, 0.2) is 18.2 Å². The van der Waals surface area contributed by atoms with E-state index in [-0.39, 0.29) is 5.91 Å². The number of rotatable bonds is 2. The number of hydrogen-bond donors (Lipinski definition) is 1. The standard InChI is InChI=1S/C15H17NO4/c17-14(16-6-2-1-3-13(16)15(18)19)10-4-5-11-8-20-9-12(11)7-10/h4-5,7,13H,1-3,6,8-9H2,(H,18,19)/t13-/m1/s1. The molecule has 0 saturated carbocycles. The van der Waals surface area contributed by atoms with Crippen molar-refractivity contribution in [3.63, 3.8) is 0 Å². The number of carboxylic acid groups (broad SMARTS) is 1. The van der Waals surface area contributed by atoms with E-state index in [1.165, 1.54) is 4.90 Å². The molecule has 2 aliphatic heterocycles. The van der Waals surface area contributed by atoms with E-state index < -0.39 is 12.0 Å². The summed E-state index contributed by atoms with van der Waals surface area (Å²) in [6.07, 6.45) is 2.26. The molecule has 0 aromatic heterocycles. The minimum Gasteiger partial charge on any atom is -0.480 e. The number of carboxylic acids is 1. The summed E-state index contributed by atoms with van der Waals surface area (Å²) in [5.41, 5.74) is 2.69. The van der Waals surface area contributed by atoms with E-state index in [1.807, 2.05) is 12.1 Å². The largest absolute Gasteiger partial charge is 0.480 e. The van der Waals surface area contributed by atoms with Crippen LogP contribution in [0.4, 0.5) is 0 Å². The van der Waals surface area contributed by atoms with Gasteiger partial charge < -0.3 is 14.7 Å². The maximum Gasteiger partial charge on any atom is 0.326 e. The number of benzene rings is 1. The number of nitrogens with zero attached hydrogens (tertiary/aromatic N) is 1.